The molecular formula is C9H10ClF2N. The van der Waals surface area contributed by atoms with Gasteiger partial charge in [0.1, 0.15) is 0 Å². The van der Waals surface area contributed by atoms with Crippen molar-refractivity contribution < 1.29 is 8.78 Å². The molecule has 0 radical (unpaired) electrons. The van der Waals surface area contributed by atoms with E-state index in [0.29, 0.717) is 10.7 Å². The van der Waals surface area contributed by atoms with Gasteiger partial charge in [-0.05, 0) is 25.1 Å². The van der Waals surface area contributed by atoms with Crippen LogP contribution < -0.4 is 5.32 Å². The summed E-state index contributed by atoms with van der Waals surface area (Å²) >= 11 is 5.68. The highest BCUT2D eigenvalue weighted by molar-refractivity contribution is 6.30. The molecule has 0 amide bonds. The molecule has 4 heteroatoms. The SMILES string of the molecule is CC(Nc1cccc(Cl)c1)C(F)F. The average molecular weight is 206 g/mol. The first-order valence-electron chi connectivity index (χ1n) is 3.90. The minimum atomic E-state index is -2.38. The molecule has 0 aliphatic carbocycles. The van der Waals surface area contributed by atoms with E-state index in [-0.39, 0.29) is 0 Å². The Labute approximate surface area is 80.7 Å². The van der Waals surface area contributed by atoms with Crippen LogP contribution in [0.4, 0.5) is 14.5 Å². The molecule has 1 nitrogen and oxygen atoms in total. The van der Waals surface area contributed by atoms with E-state index in [1.54, 1.807) is 24.3 Å². The van der Waals surface area contributed by atoms with Gasteiger partial charge in [-0.15, -0.1) is 0 Å². The topological polar surface area (TPSA) is 12.0 Å². The Bertz CT molecular complexity index is 278. The molecule has 1 atom stereocenters. The summed E-state index contributed by atoms with van der Waals surface area (Å²) in [6.45, 7) is 1.42. The van der Waals surface area contributed by atoms with Gasteiger partial charge in [-0.3, -0.25) is 0 Å². The first kappa shape index (κ1) is 10.3. The van der Waals surface area contributed by atoms with Crippen molar-refractivity contribution in [2.75, 3.05) is 5.32 Å². The van der Waals surface area contributed by atoms with Gasteiger partial charge >= 0.3 is 0 Å². The molecule has 1 rings (SSSR count). The van der Waals surface area contributed by atoms with Crippen molar-refractivity contribution in [3.05, 3.63) is 29.3 Å². The van der Waals surface area contributed by atoms with Crippen LogP contribution in [0.15, 0.2) is 24.3 Å². The maximum atomic E-state index is 12.1. The second-order valence-corrected chi connectivity index (χ2v) is 3.21. The van der Waals surface area contributed by atoms with E-state index in [2.05, 4.69) is 5.32 Å². The lowest BCUT2D eigenvalue weighted by Crippen LogP contribution is -2.23. The second-order valence-electron chi connectivity index (χ2n) is 2.78. The highest BCUT2D eigenvalue weighted by atomic mass is 35.5. The molecule has 72 valence electrons. The lowest BCUT2D eigenvalue weighted by Gasteiger charge is -2.13. The van der Waals surface area contributed by atoms with Crippen molar-refractivity contribution >= 4 is 17.3 Å². The van der Waals surface area contributed by atoms with Crippen LogP contribution in [-0.4, -0.2) is 12.5 Å². The van der Waals surface area contributed by atoms with Gasteiger partial charge in [0.15, 0.2) is 0 Å². The molecule has 1 N–H and O–H groups in total. The molecule has 1 aromatic rings. The number of alkyl halides is 2. The normalized spacial score (nSPS) is 13.0. The summed E-state index contributed by atoms with van der Waals surface area (Å²) in [4.78, 5) is 0. The van der Waals surface area contributed by atoms with Gasteiger partial charge < -0.3 is 5.32 Å². The van der Waals surface area contributed by atoms with Crippen molar-refractivity contribution in [2.45, 2.75) is 19.4 Å². The largest absolute Gasteiger partial charge is 0.377 e. The van der Waals surface area contributed by atoms with E-state index in [1.807, 2.05) is 0 Å². The van der Waals surface area contributed by atoms with Crippen LogP contribution in [0, 0.1) is 0 Å². The van der Waals surface area contributed by atoms with E-state index in [0.717, 1.165) is 0 Å². The minimum absolute atomic E-state index is 0.534. The Morgan fingerprint density at radius 2 is 2.08 bits per heavy atom. The molecule has 0 aromatic heterocycles. The fourth-order valence-electron chi connectivity index (χ4n) is 0.904. The van der Waals surface area contributed by atoms with Gasteiger partial charge in [0.05, 0.1) is 6.04 Å². The third kappa shape index (κ3) is 3.19. The molecule has 0 saturated heterocycles. The quantitative estimate of drug-likeness (QED) is 0.798. The molecule has 1 aromatic carbocycles. The van der Waals surface area contributed by atoms with Crippen molar-refractivity contribution in [1.82, 2.24) is 0 Å². The van der Waals surface area contributed by atoms with Crippen LogP contribution in [0.1, 0.15) is 6.92 Å². The first-order valence-corrected chi connectivity index (χ1v) is 4.27. The second kappa shape index (κ2) is 4.42. The number of benzene rings is 1. The molecule has 0 saturated carbocycles. The molecule has 0 bridgehead atoms. The fourth-order valence-corrected chi connectivity index (χ4v) is 1.09. The predicted octanol–water partition coefficient (Wildman–Crippen LogP) is 3.41. The maximum Gasteiger partial charge on any atom is 0.258 e. The zero-order valence-electron chi connectivity index (χ0n) is 7.10. The fraction of sp³-hybridized carbons (Fsp3) is 0.333. The van der Waals surface area contributed by atoms with Gasteiger partial charge in [-0.2, -0.15) is 0 Å². The number of nitrogens with one attached hydrogen (secondary N) is 1. The molecule has 0 spiro atoms. The zero-order chi connectivity index (χ0) is 9.84. The van der Waals surface area contributed by atoms with Crippen LogP contribution >= 0.6 is 11.6 Å². The van der Waals surface area contributed by atoms with Crippen molar-refractivity contribution in [3.63, 3.8) is 0 Å². The predicted molar refractivity (Wildman–Crippen MR) is 50.5 cm³/mol. The molecule has 13 heavy (non-hydrogen) atoms. The smallest absolute Gasteiger partial charge is 0.258 e. The molecule has 0 aliphatic heterocycles. The number of hydrogen-bond donors (Lipinski definition) is 1. The molecular weight excluding hydrogens is 196 g/mol. The van der Waals surface area contributed by atoms with Crippen LogP contribution in [-0.2, 0) is 0 Å². The number of anilines is 1. The maximum absolute atomic E-state index is 12.1. The number of halogens is 3. The summed E-state index contributed by atoms with van der Waals surface area (Å²) in [6, 6.07) is 5.85. The summed E-state index contributed by atoms with van der Waals surface area (Å²) in [7, 11) is 0. The van der Waals surface area contributed by atoms with Gasteiger partial charge in [0.25, 0.3) is 6.43 Å². The molecule has 0 fully saturated rings. The number of rotatable bonds is 3. The lowest BCUT2D eigenvalue weighted by atomic mass is 10.3. The van der Waals surface area contributed by atoms with E-state index in [1.165, 1.54) is 6.92 Å². The van der Waals surface area contributed by atoms with Crippen molar-refractivity contribution in [2.24, 2.45) is 0 Å². The highest BCUT2D eigenvalue weighted by Gasteiger charge is 2.13. The Morgan fingerprint density at radius 1 is 1.38 bits per heavy atom. The summed E-state index contributed by atoms with van der Waals surface area (Å²) in [5.74, 6) is 0. The standard InChI is InChI=1S/C9H10ClF2N/c1-6(9(11)12)13-8-4-2-3-7(10)5-8/h2-6,9,13H,1H3. The van der Waals surface area contributed by atoms with Crippen LogP contribution in [0.5, 0.6) is 0 Å². The van der Waals surface area contributed by atoms with E-state index < -0.39 is 12.5 Å². The zero-order valence-corrected chi connectivity index (χ0v) is 7.85. The Balaban J connectivity index is 2.64. The molecule has 0 aliphatic rings. The summed E-state index contributed by atoms with van der Waals surface area (Å²) in [5, 5.41) is 3.18. The van der Waals surface area contributed by atoms with Gasteiger partial charge in [-0.25, -0.2) is 8.78 Å². The van der Waals surface area contributed by atoms with E-state index >= 15 is 0 Å². The summed E-state index contributed by atoms with van der Waals surface area (Å²) < 4.78 is 24.2. The molecule has 1 unspecified atom stereocenters. The Kier molecular flexibility index (Phi) is 3.48. The van der Waals surface area contributed by atoms with E-state index in [9.17, 15) is 8.78 Å². The van der Waals surface area contributed by atoms with Crippen molar-refractivity contribution in [1.29, 1.82) is 0 Å². The first-order chi connectivity index (χ1) is 6.09. The molecule has 0 heterocycles. The van der Waals surface area contributed by atoms with Gasteiger partial charge in [0, 0.05) is 10.7 Å². The van der Waals surface area contributed by atoms with Crippen LogP contribution in [0.25, 0.3) is 0 Å². The lowest BCUT2D eigenvalue weighted by molar-refractivity contribution is 0.131. The number of hydrogen-bond acceptors (Lipinski definition) is 1. The van der Waals surface area contributed by atoms with Crippen LogP contribution in [0.2, 0.25) is 5.02 Å². The Hall–Kier alpha value is -0.830. The third-order valence-electron chi connectivity index (χ3n) is 1.60. The summed E-state index contributed by atoms with van der Waals surface area (Å²) in [5.41, 5.74) is 0.611. The van der Waals surface area contributed by atoms with E-state index in [4.69, 9.17) is 11.6 Å². The highest BCUT2D eigenvalue weighted by Crippen LogP contribution is 2.17. The van der Waals surface area contributed by atoms with Gasteiger partial charge in [-0.1, -0.05) is 17.7 Å². The minimum Gasteiger partial charge on any atom is -0.377 e. The monoisotopic (exact) mass is 205 g/mol. The Morgan fingerprint density at radius 3 is 2.62 bits per heavy atom. The average Bonchev–Trinajstić information content (AvgIpc) is 2.04. The summed E-state index contributed by atoms with van der Waals surface area (Å²) in [6.07, 6.45) is -2.38. The van der Waals surface area contributed by atoms with Gasteiger partial charge in [0.2, 0.25) is 0 Å². The van der Waals surface area contributed by atoms with Crippen molar-refractivity contribution in [3.8, 4) is 0 Å². The third-order valence-corrected chi connectivity index (χ3v) is 1.83. The van der Waals surface area contributed by atoms with Crippen LogP contribution in [0.3, 0.4) is 0 Å².